The van der Waals surface area contributed by atoms with Crippen LogP contribution in [0.2, 0.25) is 0 Å². The van der Waals surface area contributed by atoms with Crippen molar-refractivity contribution >= 4 is 5.91 Å². The highest BCUT2D eigenvalue weighted by atomic mass is 16.3. The van der Waals surface area contributed by atoms with Gasteiger partial charge in [0, 0.05) is 6.54 Å². The number of carbonyl (C=O) groups is 1. The van der Waals surface area contributed by atoms with Crippen molar-refractivity contribution in [3.63, 3.8) is 0 Å². The number of nitrogens with one attached hydrogen (secondary N) is 1. The van der Waals surface area contributed by atoms with Gasteiger partial charge < -0.3 is 14.3 Å². The van der Waals surface area contributed by atoms with Crippen LogP contribution in [0.25, 0.3) is 11.5 Å². The number of H-pyrrole nitrogens is 1. The lowest BCUT2D eigenvalue weighted by molar-refractivity contribution is 0.0653. The quantitative estimate of drug-likeness (QED) is 0.783. The number of carbonyl (C=O) groups excluding carboxylic acids is 1. The number of amides is 1. The van der Waals surface area contributed by atoms with E-state index in [1.807, 2.05) is 17.0 Å². The minimum absolute atomic E-state index is 0.00315. The van der Waals surface area contributed by atoms with Crippen LogP contribution >= 0.6 is 0 Å². The Labute approximate surface area is 151 Å². The molecule has 3 aromatic rings. The fraction of sp³-hybridized carbons (Fsp3) is 0.238. The summed E-state index contributed by atoms with van der Waals surface area (Å²) >= 11 is 0. The molecule has 1 aliphatic rings. The van der Waals surface area contributed by atoms with Crippen molar-refractivity contribution in [3.05, 3.63) is 81.8 Å². The molecule has 0 spiro atoms. The fourth-order valence-corrected chi connectivity index (χ4v) is 3.71. The Kier molecular flexibility index (Phi) is 4.21. The van der Waals surface area contributed by atoms with Gasteiger partial charge in [-0.3, -0.25) is 9.59 Å². The van der Waals surface area contributed by atoms with Gasteiger partial charge in [0.2, 0.25) is 0 Å². The highest BCUT2D eigenvalue weighted by Gasteiger charge is 2.31. The Balaban J connectivity index is 1.67. The van der Waals surface area contributed by atoms with Gasteiger partial charge in [-0.1, -0.05) is 31.2 Å². The predicted molar refractivity (Wildman–Crippen MR) is 99.0 cm³/mol. The Morgan fingerprint density at radius 1 is 1.19 bits per heavy atom. The minimum Gasteiger partial charge on any atom is -0.463 e. The molecule has 3 heterocycles. The van der Waals surface area contributed by atoms with Crippen LogP contribution in [0, 0.1) is 0 Å². The molecule has 0 fully saturated rings. The maximum Gasteiger partial charge on any atom is 0.261 e. The molecule has 0 unspecified atom stereocenters. The molecule has 5 heteroatoms. The number of fused-ring (bicyclic) bond motifs is 1. The summed E-state index contributed by atoms with van der Waals surface area (Å²) in [4.78, 5) is 30.2. The maximum atomic E-state index is 13.1. The number of aromatic nitrogens is 1. The Morgan fingerprint density at radius 2 is 2.04 bits per heavy atom. The zero-order valence-electron chi connectivity index (χ0n) is 14.6. The monoisotopic (exact) mass is 348 g/mol. The van der Waals surface area contributed by atoms with E-state index in [2.05, 4.69) is 24.0 Å². The molecule has 0 bridgehead atoms. The lowest BCUT2D eigenvalue weighted by atomic mass is 9.90. The summed E-state index contributed by atoms with van der Waals surface area (Å²) in [6.07, 6.45) is 3.16. The molecule has 1 amide bonds. The number of hydrogen-bond acceptors (Lipinski definition) is 3. The highest BCUT2D eigenvalue weighted by Crippen LogP contribution is 2.32. The normalized spacial score (nSPS) is 16.3. The summed E-state index contributed by atoms with van der Waals surface area (Å²) in [5.74, 6) is 0.345. The summed E-state index contributed by atoms with van der Waals surface area (Å²) in [5.41, 5.74) is 2.80. The van der Waals surface area contributed by atoms with E-state index >= 15 is 0 Å². The van der Waals surface area contributed by atoms with Crippen LogP contribution in [0.4, 0.5) is 0 Å². The van der Waals surface area contributed by atoms with Crippen molar-refractivity contribution in [2.45, 2.75) is 25.8 Å². The van der Waals surface area contributed by atoms with Gasteiger partial charge in [-0.05, 0) is 48.2 Å². The second kappa shape index (κ2) is 6.67. The van der Waals surface area contributed by atoms with Gasteiger partial charge in [0.1, 0.15) is 11.3 Å². The van der Waals surface area contributed by atoms with E-state index in [1.54, 1.807) is 30.5 Å². The van der Waals surface area contributed by atoms with Crippen molar-refractivity contribution in [1.82, 2.24) is 9.88 Å². The molecule has 1 aliphatic heterocycles. The minimum atomic E-state index is -0.391. The third-order valence-corrected chi connectivity index (χ3v) is 4.99. The first kappa shape index (κ1) is 16.4. The summed E-state index contributed by atoms with van der Waals surface area (Å²) in [7, 11) is 0. The maximum absolute atomic E-state index is 13.1. The molecule has 26 heavy (non-hydrogen) atoms. The molecule has 0 saturated heterocycles. The van der Waals surface area contributed by atoms with E-state index in [-0.39, 0.29) is 17.5 Å². The van der Waals surface area contributed by atoms with E-state index in [1.165, 1.54) is 11.1 Å². The summed E-state index contributed by atoms with van der Waals surface area (Å²) < 4.78 is 5.30. The smallest absolute Gasteiger partial charge is 0.261 e. The second-order valence-electron chi connectivity index (χ2n) is 6.46. The van der Waals surface area contributed by atoms with Crippen LogP contribution in [0.1, 0.15) is 40.9 Å². The first-order valence-corrected chi connectivity index (χ1v) is 8.85. The lowest BCUT2D eigenvalue weighted by Gasteiger charge is -2.37. The summed E-state index contributed by atoms with van der Waals surface area (Å²) in [6, 6.07) is 15.0. The average Bonchev–Trinajstić information content (AvgIpc) is 3.21. The standard InChI is InChI=1S/C21H20N2O3/c1-2-18-15-7-4-3-6-14(15)11-12-23(18)21(25)16-9-10-17(22-20(16)24)19-8-5-13-26-19/h3-10,13,18H,2,11-12H2,1H3,(H,22,24)/t18-/m0/s1. The van der Waals surface area contributed by atoms with Crippen LogP contribution in [0.3, 0.4) is 0 Å². The summed E-state index contributed by atoms with van der Waals surface area (Å²) in [5, 5.41) is 0. The van der Waals surface area contributed by atoms with E-state index < -0.39 is 5.56 Å². The summed E-state index contributed by atoms with van der Waals surface area (Å²) in [6.45, 7) is 2.69. The first-order chi connectivity index (χ1) is 12.7. The molecular formula is C21H20N2O3. The van der Waals surface area contributed by atoms with Gasteiger partial charge in [-0.2, -0.15) is 0 Å². The van der Waals surface area contributed by atoms with E-state index in [4.69, 9.17) is 4.42 Å². The van der Waals surface area contributed by atoms with Gasteiger partial charge in [-0.25, -0.2) is 0 Å². The van der Waals surface area contributed by atoms with Crippen molar-refractivity contribution in [1.29, 1.82) is 0 Å². The van der Waals surface area contributed by atoms with Gasteiger partial charge in [0.15, 0.2) is 0 Å². The fourth-order valence-electron chi connectivity index (χ4n) is 3.71. The molecule has 0 radical (unpaired) electrons. The third-order valence-electron chi connectivity index (χ3n) is 4.99. The topological polar surface area (TPSA) is 66.3 Å². The van der Waals surface area contributed by atoms with Crippen LogP contribution in [0.15, 0.2) is 64.0 Å². The molecule has 0 saturated carbocycles. The Morgan fingerprint density at radius 3 is 2.77 bits per heavy atom. The molecule has 1 aromatic carbocycles. The molecule has 1 N–H and O–H groups in total. The van der Waals surface area contributed by atoms with Gasteiger partial charge in [0.25, 0.3) is 11.5 Å². The predicted octanol–water partition coefficient (Wildman–Crippen LogP) is 3.78. The Bertz CT molecular complexity index is 988. The van der Waals surface area contributed by atoms with Crippen molar-refractivity contribution < 1.29 is 9.21 Å². The number of nitrogens with zero attached hydrogens (tertiary/aromatic N) is 1. The zero-order chi connectivity index (χ0) is 18.1. The van der Waals surface area contributed by atoms with Gasteiger partial charge in [-0.15, -0.1) is 0 Å². The molecule has 0 aliphatic carbocycles. The highest BCUT2D eigenvalue weighted by molar-refractivity contribution is 5.94. The van der Waals surface area contributed by atoms with Crippen LogP contribution in [-0.4, -0.2) is 22.3 Å². The second-order valence-corrected chi connectivity index (χ2v) is 6.46. The van der Waals surface area contributed by atoms with Crippen molar-refractivity contribution in [2.75, 3.05) is 6.54 Å². The first-order valence-electron chi connectivity index (χ1n) is 8.85. The number of hydrogen-bond donors (Lipinski definition) is 1. The van der Waals surface area contributed by atoms with Crippen LogP contribution < -0.4 is 5.56 Å². The van der Waals surface area contributed by atoms with Crippen molar-refractivity contribution in [3.8, 4) is 11.5 Å². The van der Waals surface area contributed by atoms with E-state index in [9.17, 15) is 9.59 Å². The zero-order valence-corrected chi connectivity index (χ0v) is 14.6. The molecular weight excluding hydrogens is 328 g/mol. The van der Waals surface area contributed by atoms with Gasteiger partial charge >= 0.3 is 0 Å². The molecule has 4 rings (SSSR count). The molecule has 2 aromatic heterocycles. The largest absolute Gasteiger partial charge is 0.463 e. The SMILES string of the molecule is CC[C@H]1c2ccccc2CCN1C(=O)c1ccc(-c2ccco2)[nH]c1=O. The average molecular weight is 348 g/mol. The number of furan rings is 1. The number of benzene rings is 1. The van der Waals surface area contributed by atoms with Crippen LogP contribution in [0.5, 0.6) is 0 Å². The molecule has 132 valence electrons. The lowest BCUT2D eigenvalue weighted by Crippen LogP contribution is -2.41. The number of aromatic amines is 1. The molecule has 5 nitrogen and oxygen atoms in total. The van der Waals surface area contributed by atoms with E-state index in [0.29, 0.717) is 18.0 Å². The number of rotatable bonds is 3. The Hall–Kier alpha value is -3.08. The third kappa shape index (κ3) is 2.75. The molecule has 1 atom stereocenters. The van der Waals surface area contributed by atoms with Crippen molar-refractivity contribution in [2.24, 2.45) is 0 Å². The van der Waals surface area contributed by atoms with Gasteiger partial charge in [0.05, 0.1) is 18.0 Å². The van der Waals surface area contributed by atoms with Crippen LogP contribution in [-0.2, 0) is 6.42 Å². The van der Waals surface area contributed by atoms with E-state index in [0.717, 1.165) is 12.8 Å². The number of pyridine rings is 1.